The van der Waals surface area contributed by atoms with E-state index in [2.05, 4.69) is 15.5 Å². The number of pyridine rings is 1. The number of ether oxygens (including phenoxy) is 2. The predicted octanol–water partition coefficient (Wildman–Crippen LogP) is 3.67. The van der Waals surface area contributed by atoms with E-state index in [0.29, 0.717) is 23.2 Å². The topological polar surface area (TPSA) is 99.1 Å². The summed E-state index contributed by atoms with van der Waals surface area (Å²) in [6, 6.07) is 18.0. The highest BCUT2D eigenvalue weighted by molar-refractivity contribution is 6.45. The summed E-state index contributed by atoms with van der Waals surface area (Å²) in [6.07, 6.45) is 0.889. The number of rotatable bonds is 10. The van der Waals surface area contributed by atoms with Crippen molar-refractivity contribution in [3.05, 3.63) is 94.1 Å². The lowest BCUT2D eigenvalue weighted by Gasteiger charge is -2.17. The lowest BCUT2D eigenvalue weighted by Crippen LogP contribution is -2.29. The molecule has 0 aliphatic rings. The summed E-state index contributed by atoms with van der Waals surface area (Å²) in [6.45, 7) is 0.466. The van der Waals surface area contributed by atoms with Gasteiger partial charge in [-0.1, -0.05) is 71.4 Å². The van der Waals surface area contributed by atoms with Gasteiger partial charge in [-0.3, -0.25) is 9.59 Å². The lowest BCUT2D eigenvalue weighted by molar-refractivity contribution is -0.132. The largest absolute Gasteiger partial charge is 0.472 e. The van der Waals surface area contributed by atoms with Crippen molar-refractivity contribution < 1.29 is 23.9 Å². The minimum absolute atomic E-state index is 0.0783. The number of carbonyl (C=O) groups excluding carboxylic acids is 2. The van der Waals surface area contributed by atoms with Crippen LogP contribution in [-0.2, 0) is 25.8 Å². The average molecular weight is 468 g/mol. The number of halogens is 1. The normalized spacial score (nSPS) is 11.9. The highest BCUT2D eigenvalue weighted by Gasteiger charge is 2.20. The fraction of sp³-hybridized carbons (Fsp3) is 0.167. The number of nitrogens with one attached hydrogen (secondary N) is 1. The second kappa shape index (κ2) is 11.6. The van der Waals surface area contributed by atoms with Gasteiger partial charge in [0.1, 0.15) is 18.7 Å². The summed E-state index contributed by atoms with van der Waals surface area (Å²) >= 11 is 6.41. The van der Waals surface area contributed by atoms with Crippen LogP contribution in [0.5, 0.6) is 5.88 Å². The monoisotopic (exact) mass is 467 g/mol. The van der Waals surface area contributed by atoms with Crippen molar-refractivity contribution in [2.45, 2.75) is 12.7 Å². The summed E-state index contributed by atoms with van der Waals surface area (Å²) in [5.74, 6) is -0.203. The molecule has 170 valence electrons. The summed E-state index contributed by atoms with van der Waals surface area (Å²) in [7, 11) is 2.87. The lowest BCUT2D eigenvalue weighted by atomic mass is 10.0. The van der Waals surface area contributed by atoms with E-state index in [-0.39, 0.29) is 23.2 Å². The molecule has 9 heteroatoms. The Morgan fingerprint density at radius 1 is 1.15 bits per heavy atom. The molecule has 0 aliphatic heterocycles. The van der Waals surface area contributed by atoms with Gasteiger partial charge in [0.15, 0.2) is 11.8 Å². The molecule has 0 saturated carbocycles. The van der Waals surface area contributed by atoms with Crippen molar-refractivity contribution in [2.24, 2.45) is 5.16 Å². The van der Waals surface area contributed by atoms with Gasteiger partial charge in [0, 0.05) is 24.4 Å². The van der Waals surface area contributed by atoms with Gasteiger partial charge in [0.05, 0.1) is 0 Å². The van der Waals surface area contributed by atoms with E-state index in [1.54, 1.807) is 24.3 Å². The highest BCUT2D eigenvalue weighted by atomic mass is 35.5. The molecule has 1 heterocycles. The van der Waals surface area contributed by atoms with Gasteiger partial charge < -0.3 is 19.6 Å². The Kier molecular flexibility index (Phi) is 8.37. The molecule has 1 atom stereocenters. The number of hydrogen-bond donors (Lipinski definition) is 1. The predicted molar refractivity (Wildman–Crippen MR) is 123 cm³/mol. The first-order chi connectivity index (χ1) is 16.1. The van der Waals surface area contributed by atoms with Crippen LogP contribution in [0.4, 0.5) is 0 Å². The molecule has 1 amide bonds. The van der Waals surface area contributed by atoms with Crippen LogP contribution in [0, 0.1) is 0 Å². The third-order valence-corrected chi connectivity index (χ3v) is 4.96. The van der Waals surface area contributed by atoms with E-state index in [1.807, 2.05) is 36.4 Å². The zero-order valence-corrected chi connectivity index (χ0v) is 18.8. The van der Waals surface area contributed by atoms with E-state index >= 15 is 0 Å². The molecule has 3 aromatic rings. The van der Waals surface area contributed by atoms with Crippen molar-refractivity contribution in [3.8, 4) is 5.88 Å². The van der Waals surface area contributed by atoms with Crippen LogP contribution < -0.4 is 10.1 Å². The Bertz CT molecular complexity index is 1140. The number of likely N-dealkylation sites (N-methyl/N-ethyl adjacent to an activating group) is 1. The number of carbonyl (C=O) groups is 2. The molecule has 0 fully saturated rings. The van der Waals surface area contributed by atoms with Crippen LogP contribution in [0.3, 0.4) is 0 Å². The van der Waals surface area contributed by atoms with E-state index in [1.165, 1.54) is 20.4 Å². The summed E-state index contributed by atoms with van der Waals surface area (Å²) < 4.78 is 11.1. The van der Waals surface area contributed by atoms with E-state index in [9.17, 15) is 9.59 Å². The molecule has 2 aromatic carbocycles. The first-order valence-electron chi connectivity index (χ1n) is 9.92. The zero-order valence-electron chi connectivity index (χ0n) is 18.0. The Labute approximate surface area is 196 Å². The number of benzene rings is 2. The molecule has 0 radical (unpaired) electrons. The number of amides is 1. The standard InChI is InChI=1S/C24H22ClN3O5/c1-26-23(30)21(28-31-2)19-11-7-6-10-17(19)14-32-24-20(25)12-18(13-27-24)22(33-15-29)16-8-4-3-5-9-16/h3-13,15,22H,14H2,1-2H3,(H,26,30). The van der Waals surface area contributed by atoms with E-state index in [4.69, 9.17) is 25.9 Å². The van der Waals surface area contributed by atoms with Crippen LogP contribution in [0.15, 0.2) is 72.0 Å². The minimum Gasteiger partial charge on any atom is -0.472 e. The molecular weight excluding hydrogens is 446 g/mol. The fourth-order valence-corrected chi connectivity index (χ4v) is 3.40. The Morgan fingerprint density at radius 3 is 2.55 bits per heavy atom. The van der Waals surface area contributed by atoms with Gasteiger partial charge in [-0.15, -0.1) is 0 Å². The third-order valence-electron chi connectivity index (χ3n) is 4.69. The van der Waals surface area contributed by atoms with Crippen molar-refractivity contribution in [2.75, 3.05) is 14.2 Å². The van der Waals surface area contributed by atoms with Crippen molar-refractivity contribution in [1.29, 1.82) is 0 Å². The molecule has 0 spiro atoms. The van der Waals surface area contributed by atoms with Gasteiger partial charge in [0.25, 0.3) is 12.4 Å². The van der Waals surface area contributed by atoms with Crippen LogP contribution in [0.25, 0.3) is 0 Å². The molecule has 0 bridgehead atoms. The molecule has 0 aliphatic carbocycles. The Morgan fingerprint density at radius 2 is 1.88 bits per heavy atom. The Hall–Kier alpha value is -3.91. The highest BCUT2D eigenvalue weighted by Crippen LogP contribution is 2.31. The van der Waals surface area contributed by atoms with Gasteiger partial charge in [-0.05, 0) is 17.2 Å². The quantitative estimate of drug-likeness (QED) is 0.277. The number of hydrogen-bond acceptors (Lipinski definition) is 7. The molecule has 1 unspecified atom stereocenters. The van der Waals surface area contributed by atoms with Crippen LogP contribution in [0.2, 0.25) is 5.02 Å². The SMILES string of the molecule is CNC(=O)C(=NOC)c1ccccc1COc1ncc(C(OC=O)c2ccccc2)cc1Cl. The molecule has 33 heavy (non-hydrogen) atoms. The maximum absolute atomic E-state index is 12.2. The minimum atomic E-state index is -0.649. The van der Waals surface area contributed by atoms with E-state index < -0.39 is 12.0 Å². The summed E-state index contributed by atoms with van der Waals surface area (Å²) in [5.41, 5.74) is 2.73. The van der Waals surface area contributed by atoms with Gasteiger partial charge in [0.2, 0.25) is 5.88 Å². The molecule has 8 nitrogen and oxygen atoms in total. The second-order valence-corrected chi connectivity index (χ2v) is 7.13. The summed E-state index contributed by atoms with van der Waals surface area (Å²) in [5, 5.41) is 6.63. The maximum Gasteiger partial charge on any atom is 0.294 e. The maximum atomic E-state index is 12.2. The molecule has 1 aromatic heterocycles. The number of nitrogens with zero attached hydrogens (tertiary/aromatic N) is 2. The average Bonchev–Trinajstić information content (AvgIpc) is 2.85. The van der Waals surface area contributed by atoms with Gasteiger partial charge in [-0.2, -0.15) is 0 Å². The number of aromatic nitrogens is 1. The number of oxime groups is 1. The Balaban J connectivity index is 1.83. The fourth-order valence-electron chi connectivity index (χ4n) is 3.17. The molecular formula is C24H22ClN3O5. The van der Waals surface area contributed by atoms with Crippen LogP contribution in [-0.4, -0.2) is 37.2 Å². The third kappa shape index (κ3) is 5.87. The van der Waals surface area contributed by atoms with Crippen LogP contribution in [0.1, 0.15) is 28.4 Å². The zero-order chi connectivity index (χ0) is 23.6. The van der Waals surface area contributed by atoms with E-state index in [0.717, 1.165) is 5.56 Å². The molecule has 0 saturated heterocycles. The second-order valence-electron chi connectivity index (χ2n) is 6.73. The first-order valence-corrected chi connectivity index (χ1v) is 10.3. The van der Waals surface area contributed by atoms with Crippen molar-refractivity contribution >= 4 is 29.7 Å². The molecule has 1 N–H and O–H groups in total. The summed E-state index contributed by atoms with van der Waals surface area (Å²) in [4.78, 5) is 32.4. The molecule has 3 rings (SSSR count). The van der Waals surface area contributed by atoms with Crippen molar-refractivity contribution in [1.82, 2.24) is 10.3 Å². The van der Waals surface area contributed by atoms with Gasteiger partial charge in [-0.25, -0.2) is 4.98 Å². The smallest absolute Gasteiger partial charge is 0.294 e. The van der Waals surface area contributed by atoms with Crippen LogP contribution >= 0.6 is 11.6 Å². The van der Waals surface area contributed by atoms with Crippen molar-refractivity contribution in [3.63, 3.8) is 0 Å². The first kappa shape index (κ1) is 23.7. The van der Waals surface area contributed by atoms with Gasteiger partial charge >= 0.3 is 0 Å².